The van der Waals surface area contributed by atoms with Gasteiger partial charge >= 0.3 is 5.97 Å². The van der Waals surface area contributed by atoms with Crippen molar-refractivity contribution in [2.75, 3.05) is 7.11 Å². The van der Waals surface area contributed by atoms with Gasteiger partial charge in [0.2, 0.25) is 0 Å². The van der Waals surface area contributed by atoms with E-state index in [-0.39, 0.29) is 5.78 Å². The van der Waals surface area contributed by atoms with E-state index in [0.29, 0.717) is 16.9 Å². The minimum atomic E-state index is -0.415. The van der Waals surface area contributed by atoms with Crippen molar-refractivity contribution in [1.29, 1.82) is 0 Å². The van der Waals surface area contributed by atoms with Crippen LogP contribution < -0.4 is 9.47 Å². The van der Waals surface area contributed by atoms with Crippen molar-refractivity contribution in [3.8, 4) is 11.5 Å². The number of hydrogen-bond donors (Lipinski definition) is 0. The van der Waals surface area contributed by atoms with Gasteiger partial charge in [-0.2, -0.15) is 0 Å². The van der Waals surface area contributed by atoms with Gasteiger partial charge < -0.3 is 9.47 Å². The first-order valence-electron chi connectivity index (χ1n) is 12.6. The molecule has 0 saturated heterocycles. The van der Waals surface area contributed by atoms with E-state index >= 15 is 0 Å². The van der Waals surface area contributed by atoms with Crippen molar-refractivity contribution in [2.24, 2.45) is 0 Å². The van der Waals surface area contributed by atoms with Gasteiger partial charge in [-0.15, -0.1) is 0 Å². The number of ether oxygens (including phenoxy) is 2. The molecule has 4 heteroatoms. The number of benzene rings is 3. The number of carbonyl (C=O) groups excluding carboxylic acids is 2. The SMILES string of the molecule is CCCCc1cc(Cc2ccc(OC(=O)c3ccc(C(C)=O)cc3)c(CCCC)c2)ccc1OC. The monoisotopic (exact) mass is 472 g/mol. The molecule has 0 fully saturated rings. The smallest absolute Gasteiger partial charge is 0.343 e. The molecule has 4 nitrogen and oxygen atoms in total. The van der Waals surface area contributed by atoms with Crippen LogP contribution >= 0.6 is 0 Å². The summed E-state index contributed by atoms with van der Waals surface area (Å²) in [7, 11) is 1.72. The maximum Gasteiger partial charge on any atom is 0.343 e. The molecule has 3 rings (SSSR count). The Kier molecular flexibility index (Phi) is 9.66. The van der Waals surface area contributed by atoms with E-state index < -0.39 is 5.97 Å². The molecule has 3 aromatic carbocycles. The van der Waals surface area contributed by atoms with Crippen LogP contribution in [0.1, 0.15) is 89.4 Å². The lowest BCUT2D eigenvalue weighted by Gasteiger charge is -2.14. The highest BCUT2D eigenvalue weighted by molar-refractivity contribution is 5.96. The van der Waals surface area contributed by atoms with Gasteiger partial charge in [-0.25, -0.2) is 4.79 Å². The number of rotatable bonds is 12. The van der Waals surface area contributed by atoms with Gasteiger partial charge in [-0.3, -0.25) is 4.79 Å². The lowest BCUT2D eigenvalue weighted by molar-refractivity contribution is 0.0732. The summed E-state index contributed by atoms with van der Waals surface area (Å²) in [4.78, 5) is 24.3. The molecule has 0 atom stereocenters. The Morgan fingerprint density at radius 1 is 0.714 bits per heavy atom. The van der Waals surface area contributed by atoms with Crippen LogP contribution in [-0.4, -0.2) is 18.9 Å². The number of esters is 1. The summed E-state index contributed by atoms with van der Waals surface area (Å²) < 4.78 is 11.3. The zero-order valence-electron chi connectivity index (χ0n) is 21.4. The molecule has 0 bridgehead atoms. The van der Waals surface area contributed by atoms with Gasteiger partial charge in [-0.05, 0) is 85.5 Å². The first-order chi connectivity index (χ1) is 16.9. The number of aryl methyl sites for hydroxylation is 2. The summed E-state index contributed by atoms with van der Waals surface area (Å²) in [5.41, 5.74) is 5.73. The van der Waals surface area contributed by atoms with Gasteiger partial charge in [0, 0.05) is 5.56 Å². The van der Waals surface area contributed by atoms with E-state index in [1.807, 2.05) is 12.1 Å². The molecule has 0 saturated carbocycles. The maximum atomic E-state index is 12.8. The van der Waals surface area contributed by atoms with Crippen molar-refractivity contribution in [3.63, 3.8) is 0 Å². The predicted octanol–water partition coefficient (Wildman–Crippen LogP) is 7.39. The van der Waals surface area contributed by atoms with E-state index in [9.17, 15) is 9.59 Å². The van der Waals surface area contributed by atoms with Crippen molar-refractivity contribution < 1.29 is 19.1 Å². The third-order valence-electron chi connectivity index (χ3n) is 6.21. The van der Waals surface area contributed by atoms with Crippen LogP contribution in [0.3, 0.4) is 0 Å². The topological polar surface area (TPSA) is 52.6 Å². The number of unbranched alkanes of at least 4 members (excludes halogenated alkanes) is 2. The van der Waals surface area contributed by atoms with Crippen LogP contribution in [-0.2, 0) is 19.3 Å². The first kappa shape index (κ1) is 26.2. The summed E-state index contributed by atoms with van der Waals surface area (Å²) in [6.07, 6.45) is 7.03. The van der Waals surface area contributed by atoms with Crippen molar-refractivity contribution in [2.45, 2.75) is 65.7 Å². The Morgan fingerprint density at radius 2 is 1.23 bits per heavy atom. The molecule has 0 N–H and O–H groups in total. The minimum Gasteiger partial charge on any atom is -0.496 e. The number of carbonyl (C=O) groups is 2. The third-order valence-corrected chi connectivity index (χ3v) is 6.21. The van der Waals surface area contributed by atoms with Crippen LogP contribution in [0, 0.1) is 0 Å². The summed E-state index contributed by atoms with van der Waals surface area (Å²) >= 11 is 0. The molecule has 0 aromatic heterocycles. The van der Waals surface area contributed by atoms with Crippen LogP contribution in [0.4, 0.5) is 0 Å². The molecular weight excluding hydrogens is 436 g/mol. The van der Waals surface area contributed by atoms with E-state index in [4.69, 9.17) is 9.47 Å². The number of Topliss-reactive ketones (excluding diaryl/α,β-unsaturated/α-hetero) is 1. The van der Waals surface area contributed by atoms with Crippen LogP contribution in [0.25, 0.3) is 0 Å². The fraction of sp³-hybridized carbons (Fsp3) is 0.355. The van der Waals surface area contributed by atoms with E-state index in [0.717, 1.165) is 56.3 Å². The average molecular weight is 473 g/mol. The van der Waals surface area contributed by atoms with Crippen molar-refractivity contribution in [3.05, 3.63) is 94.0 Å². The van der Waals surface area contributed by atoms with Gasteiger partial charge in [-0.1, -0.05) is 63.1 Å². The average Bonchev–Trinajstić information content (AvgIpc) is 2.87. The van der Waals surface area contributed by atoms with Crippen LogP contribution in [0.15, 0.2) is 60.7 Å². The Labute approximate surface area is 209 Å². The zero-order valence-corrected chi connectivity index (χ0v) is 21.4. The third kappa shape index (κ3) is 7.29. The molecule has 0 aliphatic carbocycles. The Hall–Kier alpha value is -3.40. The highest BCUT2D eigenvalue weighted by Crippen LogP contribution is 2.27. The standard InChI is InChI=1S/C31H36O4/c1-5-7-9-27-20-23(11-17-29(27)34-4)19-24-12-18-30(28(21-24)10-8-6-2)35-31(33)26-15-13-25(14-16-26)22(3)32/h11-18,20-21H,5-10,19H2,1-4H3. The Morgan fingerprint density at radius 3 is 1.74 bits per heavy atom. The normalized spacial score (nSPS) is 10.7. The number of methoxy groups -OCH3 is 1. The fourth-order valence-electron chi connectivity index (χ4n) is 4.14. The largest absolute Gasteiger partial charge is 0.496 e. The molecule has 0 heterocycles. The van der Waals surface area contributed by atoms with Crippen molar-refractivity contribution >= 4 is 11.8 Å². The first-order valence-corrected chi connectivity index (χ1v) is 12.6. The second-order valence-corrected chi connectivity index (χ2v) is 9.00. The lowest BCUT2D eigenvalue weighted by atomic mass is 9.97. The summed E-state index contributed by atoms with van der Waals surface area (Å²) in [6.45, 7) is 5.86. The molecule has 0 radical (unpaired) electrons. The molecule has 0 amide bonds. The summed E-state index contributed by atoms with van der Waals surface area (Å²) in [5, 5.41) is 0. The molecule has 184 valence electrons. The highest BCUT2D eigenvalue weighted by Gasteiger charge is 2.14. The molecule has 35 heavy (non-hydrogen) atoms. The second-order valence-electron chi connectivity index (χ2n) is 9.00. The molecular formula is C31H36O4. The van der Waals surface area contributed by atoms with Crippen molar-refractivity contribution in [1.82, 2.24) is 0 Å². The van der Waals surface area contributed by atoms with Gasteiger partial charge in [0.25, 0.3) is 0 Å². The number of hydrogen-bond acceptors (Lipinski definition) is 4. The maximum absolute atomic E-state index is 12.8. The quantitative estimate of drug-likeness (QED) is 0.157. The van der Waals surface area contributed by atoms with Gasteiger partial charge in [0.15, 0.2) is 5.78 Å². The zero-order chi connectivity index (χ0) is 25.2. The lowest BCUT2D eigenvalue weighted by Crippen LogP contribution is -2.10. The molecule has 0 unspecified atom stereocenters. The Bertz CT molecular complexity index is 1150. The highest BCUT2D eigenvalue weighted by atomic mass is 16.5. The summed E-state index contributed by atoms with van der Waals surface area (Å²) in [6, 6.07) is 19.1. The van der Waals surface area contributed by atoms with E-state index in [1.165, 1.54) is 23.6 Å². The Balaban J connectivity index is 1.80. The van der Waals surface area contributed by atoms with Crippen LogP contribution in [0.5, 0.6) is 11.5 Å². The summed E-state index contributed by atoms with van der Waals surface area (Å²) in [5.74, 6) is 1.10. The van der Waals surface area contributed by atoms with E-state index in [1.54, 1.807) is 31.4 Å². The molecule has 3 aromatic rings. The van der Waals surface area contributed by atoms with Crippen LogP contribution in [0.2, 0.25) is 0 Å². The second kappa shape index (κ2) is 12.9. The van der Waals surface area contributed by atoms with E-state index in [2.05, 4.69) is 38.1 Å². The molecule has 0 aliphatic heterocycles. The molecule has 0 spiro atoms. The van der Waals surface area contributed by atoms with Gasteiger partial charge in [0.05, 0.1) is 12.7 Å². The minimum absolute atomic E-state index is 0.0308. The fourth-order valence-corrected chi connectivity index (χ4v) is 4.14. The predicted molar refractivity (Wildman–Crippen MR) is 141 cm³/mol. The van der Waals surface area contributed by atoms with Gasteiger partial charge in [0.1, 0.15) is 11.5 Å². The number of ketones is 1. The molecule has 0 aliphatic rings.